The number of aliphatic hydroxyl groups excluding tert-OH is 1. The predicted octanol–water partition coefficient (Wildman–Crippen LogP) is 3.39. The summed E-state index contributed by atoms with van der Waals surface area (Å²) in [7, 11) is 0. The normalized spacial score (nSPS) is 15.5. The minimum atomic E-state index is -0.263. The maximum atomic E-state index is 13.5. The Balaban J connectivity index is 1.58. The van der Waals surface area contributed by atoms with Gasteiger partial charge in [-0.15, -0.1) is 0 Å². The lowest BCUT2D eigenvalue weighted by molar-refractivity contribution is -0.107. The van der Waals surface area contributed by atoms with E-state index in [1.807, 2.05) is 30.3 Å². The summed E-state index contributed by atoms with van der Waals surface area (Å²) in [6.45, 7) is 1.79. The Labute approximate surface area is 192 Å². The number of halogens is 1. The number of amides is 1. The fourth-order valence-corrected chi connectivity index (χ4v) is 4.18. The zero-order chi connectivity index (χ0) is 23.0. The van der Waals surface area contributed by atoms with Crippen molar-refractivity contribution < 1.29 is 14.3 Å². The molecule has 0 bridgehead atoms. The molecule has 2 aromatic heterocycles. The zero-order valence-corrected chi connectivity index (χ0v) is 18.4. The number of rotatable bonds is 10. The van der Waals surface area contributed by atoms with Gasteiger partial charge in [-0.1, -0.05) is 18.2 Å². The molecule has 1 atom stereocenters. The molecule has 1 saturated heterocycles. The van der Waals surface area contributed by atoms with Crippen molar-refractivity contribution in [1.82, 2.24) is 9.97 Å². The van der Waals surface area contributed by atoms with Crippen LogP contribution in [0.3, 0.4) is 0 Å². The number of anilines is 3. The summed E-state index contributed by atoms with van der Waals surface area (Å²) in [6, 6.07) is 14.1. The van der Waals surface area contributed by atoms with Gasteiger partial charge in [-0.25, -0.2) is 9.37 Å². The summed E-state index contributed by atoms with van der Waals surface area (Å²) >= 11 is 0. The molecule has 4 rings (SSSR count). The van der Waals surface area contributed by atoms with Crippen LogP contribution < -0.4 is 15.1 Å². The van der Waals surface area contributed by atoms with Crippen LogP contribution in [0.1, 0.15) is 24.0 Å². The number of aliphatic hydroxyl groups is 1. The highest BCUT2D eigenvalue weighted by molar-refractivity contribution is 5.82. The molecule has 3 aromatic rings. The van der Waals surface area contributed by atoms with Gasteiger partial charge in [0.25, 0.3) is 0 Å². The van der Waals surface area contributed by atoms with Crippen molar-refractivity contribution in [3.63, 3.8) is 0 Å². The van der Waals surface area contributed by atoms with Gasteiger partial charge >= 0.3 is 0 Å². The minimum Gasteiger partial charge on any atom is -0.394 e. The lowest BCUT2D eigenvalue weighted by atomic mass is 10.1. The molecule has 1 aromatic carbocycles. The predicted molar refractivity (Wildman–Crippen MR) is 127 cm³/mol. The van der Waals surface area contributed by atoms with Crippen LogP contribution in [0.15, 0.2) is 60.9 Å². The van der Waals surface area contributed by atoms with Crippen molar-refractivity contribution in [1.29, 1.82) is 0 Å². The SMILES string of the molecule is O=CN(Cc1cccnc1)c1ccc(N2CCC[C@@H]2CO)nc1NCCc1cccc(F)c1. The van der Waals surface area contributed by atoms with Crippen LogP contribution in [0.5, 0.6) is 0 Å². The molecule has 33 heavy (non-hydrogen) atoms. The first-order valence-corrected chi connectivity index (χ1v) is 11.2. The van der Waals surface area contributed by atoms with E-state index in [9.17, 15) is 14.3 Å². The Bertz CT molecular complexity index is 1070. The molecule has 0 saturated carbocycles. The number of carbonyl (C=O) groups excluding carboxylic acids is 1. The van der Waals surface area contributed by atoms with E-state index in [1.54, 1.807) is 23.4 Å². The van der Waals surface area contributed by atoms with E-state index >= 15 is 0 Å². The fourth-order valence-electron chi connectivity index (χ4n) is 4.18. The Morgan fingerprint density at radius 1 is 1.21 bits per heavy atom. The Morgan fingerprint density at radius 2 is 2.09 bits per heavy atom. The molecule has 3 heterocycles. The van der Waals surface area contributed by atoms with Gasteiger partial charge < -0.3 is 20.2 Å². The maximum absolute atomic E-state index is 13.5. The number of hydrogen-bond acceptors (Lipinski definition) is 6. The molecule has 0 spiro atoms. The molecule has 0 unspecified atom stereocenters. The summed E-state index contributed by atoms with van der Waals surface area (Å²) in [4.78, 5) is 24.6. The average Bonchev–Trinajstić information content (AvgIpc) is 3.32. The van der Waals surface area contributed by atoms with Crippen LogP contribution in [0.4, 0.5) is 21.7 Å². The van der Waals surface area contributed by atoms with Gasteiger partial charge in [0.1, 0.15) is 11.6 Å². The van der Waals surface area contributed by atoms with Crippen LogP contribution in [-0.4, -0.2) is 47.2 Å². The molecule has 1 amide bonds. The van der Waals surface area contributed by atoms with Crippen molar-refractivity contribution in [2.24, 2.45) is 0 Å². The van der Waals surface area contributed by atoms with Gasteiger partial charge in [-0.3, -0.25) is 9.78 Å². The summed E-state index contributed by atoms with van der Waals surface area (Å²) in [5.74, 6) is 1.07. The maximum Gasteiger partial charge on any atom is 0.214 e. The van der Waals surface area contributed by atoms with Gasteiger partial charge in [0.2, 0.25) is 6.41 Å². The molecule has 8 heteroatoms. The second-order valence-corrected chi connectivity index (χ2v) is 8.11. The smallest absolute Gasteiger partial charge is 0.214 e. The van der Waals surface area contributed by atoms with Crippen LogP contribution >= 0.6 is 0 Å². The summed E-state index contributed by atoms with van der Waals surface area (Å²) < 4.78 is 13.5. The first-order valence-electron chi connectivity index (χ1n) is 11.2. The lowest BCUT2D eigenvalue weighted by Gasteiger charge is -2.27. The van der Waals surface area contributed by atoms with Crippen molar-refractivity contribution >= 4 is 23.7 Å². The van der Waals surface area contributed by atoms with Crippen molar-refractivity contribution in [3.8, 4) is 0 Å². The van der Waals surface area contributed by atoms with E-state index in [0.29, 0.717) is 31.0 Å². The van der Waals surface area contributed by atoms with E-state index < -0.39 is 0 Å². The summed E-state index contributed by atoms with van der Waals surface area (Å²) in [5.41, 5.74) is 2.43. The largest absolute Gasteiger partial charge is 0.394 e. The molecule has 1 aliphatic rings. The number of carbonyl (C=O) groups is 1. The Kier molecular flexibility index (Phi) is 7.47. The first-order chi connectivity index (χ1) is 16.2. The number of nitrogens with zero attached hydrogens (tertiary/aromatic N) is 4. The third kappa shape index (κ3) is 5.64. The van der Waals surface area contributed by atoms with Crippen LogP contribution in [0.2, 0.25) is 0 Å². The van der Waals surface area contributed by atoms with E-state index in [0.717, 1.165) is 42.7 Å². The molecular formula is C25H28FN5O2. The first kappa shape index (κ1) is 22.7. The Hall–Kier alpha value is -3.52. The second-order valence-electron chi connectivity index (χ2n) is 8.11. The van der Waals surface area contributed by atoms with E-state index in [4.69, 9.17) is 4.98 Å². The van der Waals surface area contributed by atoms with E-state index in [-0.39, 0.29) is 18.5 Å². The van der Waals surface area contributed by atoms with Crippen LogP contribution in [0, 0.1) is 5.82 Å². The highest BCUT2D eigenvalue weighted by Gasteiger charge is 2.26. The molecule has 1 aliphatic heterocycles. The zero-order valence-electron chi connectivity index (χ0n) is 18.4. The highest BCUT2D eigenvalue weighted by Crippen LogP contribution is 2.31. The van der Waals surface area contributed by atoms with E-state index in [1.165, 1.54) is 12.1 Å². The van der Waals surface area contributed by atoms with E-state index in [2.05, 4.69) is 15.2 Å². The highest BCUT2D eigenvalue weighted by atomic mass is 19.1. The molecule has 2 N–H and O–H groups in total. The van der Waals surface area contributed by atoms with Crippen LogP contribution in [-0.2, 0) is 17.8 Å². The topological polar surface area (TPSA) is 81.6 Å². The van der Waals surface area contributed by atoms with Crippen molar-refractivity contribution in [2.75, 3.05) is 34.8 Å². The second kappa shape index (κ2) is 10.9. The molecule has 0 aliphatic carbocycles. The molecule has 1 fully saturated rings. The lowest BCUT2D eigenvalue weighted by Crippen LogP contribution is -2.33. The van der Waals surface area contributed by atoms with Crippen LogP contribution in [0.25, 0.3) is 0 Å². The van der Waals surface area contributed by atoms with Crippen molar-refractivity contribution in [3.05, 3.63) is 77.9 Å². The molecular weight excluding hydrogens is 421 g/mol. The fraction of sp³-hybridized carbons (Fsp3) is 0.320. The summed E-state index contributed by atoms with van der Waals surface area (Å²) in [5, 5.41) is 13.1. The third-order valence-electron chi connectivity index (χ3n) is 5.85. The number of pyridine rings is 2. The van der Waals surface area contributed by atoms with Gasteiger partial charge in [-0.05, 0) is 60.7 Å². The average molecular weight is 450 g/mol. The molecule has 0 radical (unpaired) electrons. The van der Waals surface area contributed by atoms with Gasteiger partial charge in [0, 0.05) is 25.5 Å². The summed E-state index contributed by atoms with van der Waals surface area (Å²) in [6.07, 6.45) is 6.73. The minimum absolute atomic E-state index is 0.0426. The Morgan fingerprint density at radius 3 is 2.85 bits per heavy atom. The quantitative estimate of drug-likeness (QED) is 0.462. The molecule has 172 valence electrons. The number of aromatic nitrogens is 2. The van der Waals surface area contributed by atoms with Crippen molar-refractivity contribution in [2.45, 2.75) is 31.8 Å². The monoisotopic (exact) mass is 449 g/mol. The van der Waals surface area contributed by atoms with Gasteiger partial charge in [0.05, 0.1) is 24.9 Å². The number of benzene rings is 1. The van der Waals surface area contributed by atoms with Gasteiger partial charge in [0.15, 0.2) is 5.82 Å². The third-order valence-corrected chi connectivity index (χ3v) is 5.85. The number of nitrogens with one attached hydrogen (secondary N) is 1. The molecule has 7 nitrogen and oxygen atoms in total. The van der Waals surface area contributed by atoms with Gasteiger partial charge in [-0.2, -0.15) is 0 Å². The standard InChI is InChI=1S/C25H28FN5O2/c26-21-6-1-4-19(14-21)10-12-28-25-23(30(18-33)16-20-5-2-11-27-15-20)8-9-24(29-25)31-13-3-7-22(31)17-32/h1-2,4-6,8-9,11,14-15,18,22,32H,3,7,10,12-13,16-17H2,(H,28,29)/t22-/m1/s1. The number of hydrogen-bond donors (Lipinski definition) is 2.